The number of rotatable bonds is 6. The van der Waals surface area contributed by atoms with Crippen LogP contribution in [-0.2, 0) is 16.1 Å². The molecule has 1 fully saturated rings. The van der Waals surface area contributed by atoms with Crippen LogP contribution in [0.15, 0.2) is 12.4 Å². The van der Waals surface area contributed by atoms with Crippen LogP contribution in [0, 0.1) is 0 Å². The molecule has 1 unspecified atom stereocenters. The van der Waals surface area contributed by atoms with Crippen molar-refractivity contribution in [1.82, 2.24) is 25.1 Å². The number of imide groups is 1. The van der Waals surface area contributed by atoms with Crippen molar-refractivity contribution in [2.75, 3.05) is 13.6 Å². The van der Waals surface area contributed by atoms with Crippen molar-refractivity contribution < 1.29 is 14.4 Å². The number of hydrogen-bond acceptors (Lipinski definition) is 4. The molecule has 1 aromatic heterocycles. The number of amides is 4. The summed E-state index contributed by atoms with van der Waals surface area (Å²) in [6, 6.07) is -1.19. The summed E-state index contributed by atoms with van der Waals surface area (Å²) in [5, 5.41) is 2.55. The number of hydrogen-bond donors (Lipinski definition) is 2. The molecule has 2 rings (SSSR count). The van der Waals surface area contributed by atoms with Gasteiger partial charge < -0.3 is 15.2 Å². The summed E-state index contributed by atoms with van der Waals surface area (Å²) in [4.78, 5) is 45.4. The van der Waals surface area contributed by atoms with Gasteiger partial charge in [0, 0.05) is 26.0 Å². The minimum Gasteiger partial charge on any atom is -0.347 e. The predicted molar refractivity (Wildman–Crippen MR) is 74.0 cm³/mol. The minimum atomic E-state index is -0.768. The summed E-state index contributed by atoms with van der Waals surface area (Å²) >= 11 is 0. The van der Waals surface area contributed by atoms with Crippen molar-refractivity contribution in [2.45, 2.75) is 32.4 Å². The van der Waals surface area contributed by atoms with Gasteiger partial charge in [-0.05, 0) is 6.42 Å². The van der Waals surface area contributed by atoms with E-state index in [1.165, 1.54) is 4.90 Å². The fourth-order valence-electron chi connectivity index (χ4n) is 2.18. The second kappa shape index (κ2) is 6.38. The highest BCUT2D eigenvalue weighted by molar-refractivity contribution is 6.05. The summed E-state index contributed by atoms with van der Waals surface area (Å²) in [6.45, 7) is 2.59. The summed E-state index contributed by atoms with van der Waals surface area (Å²) in [7, 11) is 1.63. The van der Waals surface area contributed by atoms with E-state index in [1.807, 2.05) is 6.92 Å². The Labute approximate surface area is 122 Å². The Hall–Kier alpha value is -2.38. The highest BCUT2D eigenvalue weighted by atomic mass is 16.2. The third kappa shape index (κ3) is 3.39. The zero-order valence-electron chi connectivity index (χ0n) is 12.1. The lowest BCUT2D eigenvalue weighted by atomic mass is 10.2. The Morgan fingerprint density at radius 3 is 2.86 bits per heavy atom. The van der Waals surface area contributed by atoms with Crippen LogP contribution in [-0.4, -0.2) is 57.2 Å². The first-order chi connectivity index (χ1) is 10.0. The number of aromatic amines is 1. The molecule has 114 valence electrons. The van der Waals surface area contributed by atoms with E-state index in [0.29, 0.717) is 25.3 Å². The molecule has 0 bridgehead atoms. The third-order valence-electron chi connectivity index (χ3n) is 3.30. The monoisotopic (exact) mass is 293 g/mol. The van der Waals surface area contributed by atoms with Crippen molar-refractivity contribution in [2.24, 2.45) is 0 Å². The number of aromatic nitrogens is 2. The van der Waals surface area contributed by atoms with Crippen LogP contribution >= 0.6 is 0 Å². The standard InChI is InChI=1S/C13H19N5O3/c1-3-6-18-12(20)9(16-13(18)21)7-11(19)17(2)8-10-14-4-5-15-10/h4-5,9H,3,6-8H2,1-2H3,(H,14,15)(H,16,21). The van der Waals surface area contributed by atoms with Gasteiger partial charge in [0.15, 0.2) is 0 Å². The van der Waals surface area contributed by atoms with E-state index in [0.717, 1.165) is 4.90 Å². The Kier molecular flexibility index (Phi) is 4.56. The molecule has 4 amide bonds. The van der Waals surface area contributed by atoms with Gasteiger partial charge in [-0.2, -0.15) is 0 Å². The van der Waals surface area contributed by atoms with Gasteiger partial charge in [0.25, 0.3) is 5.91 Å². The maximum Gasteiger partial charge on any atom is 0.324 e. The van der Waals surface area contributed by atoms with Crippen LogP contribution in [0.3, 0.4) is 0 Å². The second-order valence-electron chi connectivity index (χ2n) is 4.98. The van der Waals surface area contributed by atoms with E-state index in [9.17, 15) is 14.4 Å². The largest absolute Gasteiger partial charge is 0.347 e. The number of nitrogens with one attached hydrogen (secondary N) is 2. The summed E-state index contributed by atoms with van der Waals surface area (Å²) in [5.41, 5.74) is 0. The average molecular weight is 293 g/mol. The van der Waals surface area contributed by atoms with Crippen molar-refractivity contribution >= 4 is 17.8 Å². The molecular formula is C13H19N5O3. The smallest absolute Gasteiger partial charge is 0.324 e. The predicted octanol–water partition coefficient (Wildman–Crippen LogP) is 0.0886. The molecular weight excluding hydrogens is 274 g/mol. The zero-order chi connectivity index (χ0) is 15.4. The topological polar surface area (TPSA) is 98.4 Å². The highest BCUT2D eigenvalue weighted by Crippen LogP contribution is 2.11. The Bertz CT molecular complexity index is 528. The Morgan fingerprint density at radius 1 is 1.48 bits per heavy atom. The second-order valence-corrected chi connectivity index (χ2v) is 4.98. The number of carbonyl (C=O) groups excluding carboxylic acids is 3. The third-order valence-corrected chi connectivity index (χ3v) is 3.30. The number of imidazole rings is 1. The van der Waals surface area contributed by atoms with E-state index in [-0.39, 0.29) is 18.2 Å². The quantitative estimate of drug-likeness (QED) is 0.726. The number of carbonyl (C=O) groups is 3. The lowest BCUT2D eigenvalue weighted by Crippen LogP contribution is -2.37. The molecule has 0 spiro atoms. The van der Waals surface area contributed by atoms with Gasteiger partial charge >= 0.3 is 6.03 Å². The van der Waals surface area contributed by atoms with Crippen LogP contribution < -0.4 is 5.32 Å². The molecule has 0 aromatic carbocycles. The first-order valence-corrected chi connectivity index (χ1v) is 6.87. The van der Waals surface area contributed by atoms with Gasteiger partial charge in [-0.1, -0.05) is 6.92 Å². The van der Waals surface area contributed by atoms with Crippen LogP contribution in [0.1, 0.15) is 25.6 Å². The van der Waals surface area contributed by atoms with E-state index in [1.54, 1.807) is 19.4 Å². The molecule has 0 radical (unpaired) electrons. The first kappa shape index (κ1) is 15.0. The fraction of sp³-hybridized carbons (Fsp3) is 0.538. The molecule has 0 aliphatic carbocycles. The molecule has 2 heterocycles. The molecule has 1 saturated heterocycles. The zero-order valence-corrected chi connectivity index (χ0v) is 12.1. The maximum absolute atomic E-state index is 12.1. The van der Waals surface area contributed by atoms with Gasteiger partial charge in [-0.25, -0.2) is 9.78 Å². The van der Waals surface area contributed by atoms with Crippen LogP contribution in [0.4, 0.5) is 4.79 Å². The highest BCUT2D eigenvalue weighted by Gasteiger charge is 2.38. The average Bonchev–Trinajstić information content (AvgIpc) is 3.03. The van der Waals surface area contributed by atoms with Crippen molar-refractivity contribution in [1.29, 1.82) is 0 Å². The summed E-state index contributed by atoms with van der Waals surface area (Å²) in [6.07, 6.45) is 3.94. The molecule has 1 aliphatic rings. The molecule has 2 N–H and O–H groups in total. The first-order valence-electron chi connectivity index (χ1n) is 6.87. The maximum atomic E-state index is 12.1. The Balaban J connectivity index is 1.90. The van der Waals surface area contributed by atoms with Gasteiger partial charge in [0.2, 0.25) is 5.91 Å². The van der Waals surface area contributed by atoms with E-state index >= 15 is 0 Å². The van der Waals surface area contributed by atoms with Crippen LogP contribution in [0.5, 0.6) is 0 Å². The number of H-pyrrole nitrogens is 1. The molecule has 0 saturated carbocycles. The summed E-state index contributed by atoms with van der Waals surface area (Å²) < 4.78 is 0. The van der Waals surface area contributed by atoms with Gasteiger partial charge in [0.1, 0.15) is 11.9 Å². The Morgan fingerprint density at radius 2 is 2.24 bits per heavy atom. The van der Waals surface area contributed by atoms with E-state index in [4.69, 9.17) is 0 Å². The number of urea groups is 1. The van der Waals surface area contributed by atoms with Crippen LogP contribution in [0.2, 0.25) is 0 Å². The molecule has 21 heavy (non-hydrogen) atoms. The number of nitrogens with zero attached hydrogens (tertiary/aromatic N) is 3. The molecule has 1 aliphatic heterocycles. The summed E-state index contributed by atoms with van der Waals surface area (Å²) in [5.74, 6) is 0.116. The molecule has 1 atom stereocenters. The van der Waals surface area contributed by atoms with Gasteiger partial charge in [-0.15, -0.1) is 0 Å². The van der Waals surface area contributed by atoms with E-state index in [2.05, 4.69) is 15.3 Å². The molecule has 8 nitrogen and oxygen atoms in total. The lowest BCUT2D eigenvalue weighted by molar-refractivity contribution is -0.135. The molecule has 8 heteroatoms. The van der Waals surface area contributed by atoms with Crippen molar-refractivity contribution in [3.8, 4) is 0 Å². The molecule has 1 aromatic rings. The van der Waals surface area contributed by atoms with Gasteiger partial charge in [-0.3, -0.25) is 14.5 Å². The van der Waals surface area contributed by atoms with Crippen molar-refractivity contribution in [3.05, 3.63) is 18.2 Å². The fourth-order valence-corrected chi connectivity index (χ4v) is 2.18. The SMILES string of the molecule is CCCN1C(=O)NC(CC(=O)N(C)Cc2ncc[nH]2)C1=O. The van der Waals surface area contributed by atoms with Crippen LogP contribution in [0.25, 0.3) is 0 Å². The van der Waals surface area contributed by atoms with Gasteiger partial charge in [0.05, 0.1) is 13.0 Å². The lowest BCUT2D eigenvalue weighted by Gasteiger charge is -2.17. The minimum absolute atomic E-state index is 0.0397. The normalized spacial score (nSPS) is 18.0. The van der Waals surface area contributed by atoms with Crippen molar-refractivity contribution in [3.63, 3.8) is 0 Å². The van der Waals surface area contributed by atoms with E-state index < -0.39 is 12.1 Å².